The van der Waals surface area contributed by atoms with Crippen LogP contribution in [0.4, 0.5) is 13.2 Å². The van der Waals surface area contributed by atoms with Gasteiger partial charge in [-0.1, -0.05) is 26.5 Å². The number of allylic oxidation sites excluding steroid dienone is 3. The smallest absolute Gasteiger partial charge is 0.166 e. The molecule has 0 aliphatic carbocycles. The van der Waals surface area contributed by atoms with Crippen molar-refractivity contribution in [2.75, 3.05) is 0 Å². The largest absolute Gasteiger partial charge is 0.416 e. The summed E-state index contributed by atoms with van der Waals surface area (Å²) in [6, 6.07) is 0. The standard InChI is InChI=1S/C9H13F3/c1-5-8(9(10,11)12)7(4)6(2)3/h5-6H,4H2,1-3H3/b8-5+. The maximum absolute atomic E-state index is 12.2. The van der Waals surface area contributed by atoms with Gasteiger partial charge in [-0.05, 0) is 18.4 Å². The highest BCUT2D eigenvalue weighted by Gasteiger charge is 2.34. The van der Waals surface area contributed by atoms with Crippen LogP contribution >= 0.6 is 0 Å². The van der Waals surface area contributed by atoms with Gasteiger partial charge in [-0.25, -0.2) is 0 Å². The molecule has 0 aromatic carbocycles. The minimum absolute atomic E-state index is 0.144. The van der Waals surface area contributed by atoms with Crippen LogP contribution in [0.5, 0.6) is 0 Å². The average Bonchev–Trinajstić information content (AvgIpc) is 1.85. The third-order valence-electron chi connectivity index (χ3n) is 1.64. The Bertz CT molecular complexity index is 196. The van der Waals surface area contributed by atoms with Gasteiger partial charge in [0.15, 0.2) is 0 Å². The van der Waals surface area contributed by atoms with Gasteiger partial charge < -0.3 is 0 Å². The zero-order valence-corrected chi connectivity index (χ0v) is 7.50. The fraction of sp³-hybridized carbons (Fsp3) is 0.556. The van der Waals surface area contributed by atoms with E-state index in [2.05, 4.69) is 6.58 Å². The molecule has 0 aromatic rings. The van der Waals surface area contributed by atoms with E-state index in [0.717, 1.165) is 6.08 Å². The minimum Gasteiger partial charge on any atom is -0.166 e. The lowest BCUT2D eigenvalue weighted by atomic mass is 9.96. The van der Waals surface area contributed by atoms with E-state index in [-0.39, 0.29) is 11.5 Å². The zero-order chi connectivity index (χ0) is 9.94. The van der Waals surface area contributed by atoms with Crippen LogP contribution in [0.15, 0.2) is 23.8 Å². The quantitative estimate of drug-likeness (QED) is 0.565. The Morgan fingerprint density at radius 1 is 1.33 bits per heavy atom. The van der Waals surface area contributed by atoms with Crippen LogP contribution in [0.25, 0.3) is 0 Å². The van der Waals surface area contributed by atoms with Gasteiger partial charge in [0.05, 0.1) is 5.57 Å². The summed E-state index contributed by atoms with van der Waals surface area (Å²) in [6.45, 7) is 8.16. The molecule has 0 heterocycles. The molecule has 0 rings (SSSR count). The Morgan fingerprint density at radius 2 is 1.75 bits per heavy atom. The summed E-state index contributed by atoms with van der Waals surface area (Å²) >= 11 is 0. The third-order valence-corrected chi connectivity index (χ3v) is 1.64. The van der Waals surface area contributed by atoms with E-state index in [1.165, 1.54) is 6.92 Å². The topological polar surface area (TPSA) is 0 Å². The fourth-order valence-corrected chi connectivity index (χ4v) is 0.842. The molecular weight excluding hydrogens is 165 g/mol. The maximum atomic E-state index is 12.2. The summed E-state index contributed by atoms with van der Waals surface area (Å²) in [7, 11) is 0. The van der Waals surface area contributed by atoms with Crippen molar-refractivity contribution in [3.05, 3.63) is 23.8 Å². The summed E-state index contributed by atoms with van der Waals surface area (Å²) < 4.78 is 36.6. The van der Waals surface area contributed by atoms with Crippen LogP contribution in [0.3, 0.4) is 0 Å². The van der Waals surface area contributed by atoms with E-state index < -0.39 is 11.7 Å². The fourth-order valence-electron chi connectivity index (χ4n) is 0.842. The van der Waals surface area contributed by atoms with Crippen LogP contribution in [0, 0.1) is 5.92 Å². The maximum Gasteiger partial charge on any atom is 0.416 e. The van der Waals surface area contributed by atoms with Crippen molar-refractivity contribution in [1.29, 1.82) is 0 Å². The average molecular weight is 178 g/mol. The lowest BCUT2D eigenvalue weighted by Gasteiger charge is -2.16. The van der Waals surface area contributed by atoms with E-state index in [1.54, 1.807) is 13.8 Å². The second-order valence-corrected chi connectivity index (χ2v) is 2.88. The van der Waals surface area contributed by atoms with Gasteiger partial charge in [-0.3, -0.25) is 0 Å². The summed E-state index contributed by atoms with van der Waals surface area (Å²) in [5.41, 5.74) is -0.470. The van der Waals surface area contributed by atoms with Crippen LogP contribution < -0.4 is 0 Å². The molecule has 0 saturated heterocycles. The van der Waals surface area contributed by atoms with E-state index in [1.807, 2.05) is 0 Å². The minimum atomic E-state index is -4.27. The second-order valence-electron chi connectivity index (χ2n) is 2.88. The Balaban J connectivity index is 4.73. The molecule has 0 N–H and O–H groups in total. The zero-order valence-electron chi connectivity index (χ0n) is 7.50. The first kappa shape index (κ1) is 11.3. The van der Waals surface area contributed by atoms with Gasteiger partial charge in [-0.15, -0.1) is 0 Å². The van der Waals surface area contributed by atoms with Crippen LogP contribution in [0.1, 0.15) is 20.8 Å². The van der Waals surface area contributed by atoms with Crippen molar-refractivity contribution in [3.8, 4) is 0 Å². The number of halogens is 3. The summed E-state index contributed by atoms with van der Waals surface area (Å²) in [5, 5.41) is 0. The molecule has 0 aromatic heterocycles. The summed E-state index contributed by atoms with van der Waals surface area (Å²) in [4.78, 5) is 0. The van der Waals surface area contributed by atoms with Gasteiger partial charge >= 0.3 is 6.18 Å². The molecule has 0 aliphatic rings. The molecule has 12 heavy (non-hydrogen) atoms. The molecule has 0 aliphatic heterocycles. The lowest BCUT2D eigenvalue weighted by molar-refractivity contribution is -0.0900. The van der Waals surface area contributed by atoms with Crippen LogP contribution in [-0.4, -0.2) is 6.18 Å². The molecule has 0 nitrogen and oxygen atoms in total. The van der Waals surface area contributed by atoms with E-state index in [9.17, 15) is 13.2 Å². The highest BCUT2D eigenvalue weighted by atomic mass is 19.4. The highest BCUT2D eigenvalue weighted by Crippen LogP contribution is 2.33. The number of rotatable bonds is 2. The molecule has 0 spiro atoms. The van der Waals surface area contributed by atoms with Crippen molar-refractivity contribution in [3.63, 3.8) is 0 Å². The summed E-state index contributed by atoms with van der Waals surface area (Å²) in [5.74, 6) is -0.169. The van der Waals surface area contributed by atoms with Gasteiger partial charge in [0.2, 0.25) is 0 Å². The SMILES string of the molecule is C=C(/C(=C\C)C(F)(F)F)C(C)C. The first-order valence-corrected chi connectivity index (χ1v) is 3.73. The molecule has 0 saturated carbocycles. The Hall–Kier alpha value is -0.730. The van der Waals surface area contributed by atoms with E-state index in [4.69, 9.17) is 0 Å². The third kappa shape index (κ3) is 2.72. The summed E-state index contributed by atoms with van der Waals surface area (Å²) in [6.07, 6.45) is -3.21. The second kappa shape index (κ2) is 3.78. The van der Waals surface area contributed by atoms with Crippen molar-refractivity contribution in [2.24, 2.45) is 5.92 Å². The van der Waals surface area contributed by atoms with Crippen LogP contribution in [-0.2, 0) is 0 Å². The molecule has 0 atom stereocenters. The molecule has 3 heteroatoms. The van der Waals surface area contributed by atoms with Crippen molar-refractivity contribution >= 4 is 0 Å². The number of alkyl halides is 3. The molecule has 0 amide bonds. The van der Waals surface area contributed by atoms with Crippen LogP contribution in [0.2, 0.25) is 0 Å². The van der Waals surface area contributed by atoms with Gasteiger partial charge in [-0.2, -0.15) is 13.2 Å². The molecule has 0 radical (unpaired) electrons. The lowest BCUT2D eigenvalue weighted by Crippen LogP contribution is -2.15. The normalized spacial score (nSPS) is 13.8. The number of hydrogen-bond acceptors (Lipinski definition) is 0. The highest BCUT2D eigenvalue weighted by molar-refractivity contribution is 5.33. The molecule has 70 valence electrons. The van der Waals surface area contributed by atoms with E-state index >= 15 is 0 Å². The predicted octanol–water partition coefficient (Wildman–Crippen LogP) is 3.71. The van der Waals surface area contributed by atoms with Crippen molar-refractivity contribution in [2.45, 2.75) is 26.9 Å². The van der Waals surface area contributed by atoms with Gasteiger partial charge in [0, 0.05) is 0 Å². The number of hydrogen-bond donors (Lipinski definition) is 0. The first-order valence-electron chi connectivity index (χ1n) is 3.73. The Labute approximate surface area is 70.8 Å². The van der Waals surface area contributed by atoms with Crippen molar-refractivity contribution < 1.29 is 13.2 Å². The van der Waals surface area contributed by atoms with Gasteiger partial charge in [0.1, 0.15) is 0 Å². The molecular formula is C9H13F3. The molecule has 0 bridgehead atoms. The Kier molecular flexibility index (Phi) is 3.55. The first-order chi connectivity index (χ1) is 5.30. The predicted molar refractivity (Wildman–Crippen MR) is 43.8 cm³/mol. The Morgan fingerprint density at radius 3 is 1.83 bits per heavy atom. The van der Waals surface area contributed by atoms with E-state index in [0.29, 0.717) is 0 Å². The molecule has 0 fully saturated rings. The monoisotopic (exact) mass is 178 g/mol. The van der Waals surface area contributed by atoms with Gasteiger partial charge in [0.25, 0.3) is 0 Å². The molecule has 0 unspecified atom stereocenters. The van der Waals surface area contributed by atoms with Crippen molar-refractivity contribution in [1.82, 2.24) is 0 Å².